The van der Waals surface area contributed by atoms with Crippen molar-refractivity contribution in [2.45, 2.75) is 57.6 Å². The summed E-state index contributed by atoms with van der Waals surface area (Å²) < 4.78 is 30.7. The fraction of sp³-hybridized carbons (Fsp3) is 0.647. The third-order valence-electron chi connectivity index (χ3n) is 3.96. The number of halogens is 2. The number of hydrogen-bond acceptors (Lipinski definition) is 2. The molecule has 1 aliphatic rings. The second kappa shape index (κ2) is 9.11. The van der Waals surface area contributed by atoms with Crippen LogP contribution in [0.4, 0.5) is 8.78 Å². The maximum absolute atomic E-state index is 12.4. The van der Waals surface area contributed by atoms with E-state index in [-0.39, 0.29) is 5.56 Å². The molecule has 1 aromatic rings. The van der Waals surface area contributed by atoms with E-state index in [1.807, 2.05) is 0 Å². The van der Waals surface area contributed by atoms with Crippen LogP contribution in [0, 0.1) is 0 Å². The average Bonchev–Trinajstić information content (AvgIpc) is 2.52. The first-order valence-corrected chi connectivity index (χ1v) is 7.95. The molecular formula is C17H25F2NO. The fourth-order valence-electron chi connectivity index (χ4n) is 2.69. The summed E-state index contributed by atoms with van der Waals surface area (Å²) in [5.74, 6) is 0. The third kappa shape index (κ3) is 6.10. The van der Waals surface area contributed by atoms with E-state index in [4.69, 9.17) is 4.74 Å². The molecule has 2 nitrogen and oxygen atoms in total. The summed E-state index contributed by atoms with van der Waals surface area (Å²) in [6.07, 6.45) is 5.46. The first-order valence-electron chi connectivity index (χ1n) is 7.95. The van der Waals surface area contributed by atoms with E-state index >= 15 is 0 Å². The van der Waals surface area contributed by atoms with E-state index in [0.29, 0.717) is 12.6 Å². The van der Waals surface area contributed by atoms with E-state index in [1.54, 1.807) is 12.1 Å². The van der Waals surface area contributed by atoms with Crippen molar-refractivity contribution in [1.82, 2.24) is 5.32 Å². The number of rotatable bonds is 8. The maximum atomic E-state index is 12.4. The summed E-state index contributed by atoms with van der Waals surface area (Å²) in [6, 6.07) is 6.50. The Balaban J connectivity index is 1.53. The quantitative estimate of drug-likeness (QED) is 0.716. The number of alkyl halides is 2. The molecule has 0 saturated heterocycles. The lowest BCUT2D eigenvalue weighted by molar-refractivity contribution is 0.0273. The number of ether oxygens (including phenoxy) is 1. The lowest BCUT2D eigenvalue weighted by Gasteiger charge is -2.21. The van der Waals surface area contributed by atoms with Gasteiger partial charge in [0.1, 0.15) is 0 Å². The van der Waals surface area contributed by atoms with Gasteiger partial charge in [-0.05, 0) is 31.4 Å². The minimum absolute atomic E-state index is 0.0830. The van der Waals surface area contributed by atoms with Gasteiger partial charge in [0.05, 0.1) is 6.10 Å². The Labute approximate surface area is 125 Å². The molecule has 2 rings (SSSR count). The largest absolute Gasteiger partial charge is 0.378 e. The smallest absolute Gasteiger partial charge is 0.263 e. The maximum Gasteiger partial charge on any atom is 0.263 e. The molecule has 0 heterocycles. The highest BCUT2D eigenvalue weighted by Crippen LogP contribution is 2.20. The van der Waals surface area contributed by atoms with Crippen LogP contribution in [0.1, 0.15) is 56.1 Å². The number of nitrogens with one attached hydrogen (secondary N) is 1. The van der Waals surface area contributed by atoms with Crippen molar-refractivity contribution in [3.63, 3.8) is 0 Å². The predicted octanol–water partition coefficient (Wildman–Crippen LogP) is 4.45. The Bertz CT molecular complexity index is 388. The van der Waals surface area contributed by atoms with Gasteiger partial charge < -0.3 is 10.1 Å². The lowest BCUT2D eigenvalue weighted by atomic mass is 9.98. The van der Waals surface area contributed by atoms with Crippen molar-refractivity contribution in [3.8, 4) is 0 Å². The minimum Gasteiger partial charge on any atom is -0.378 e. The minimum atomic E-state index is -2.39. The van der Waals surface area contributed by atoms with Crippen LogP contribution < -0.4 is 5.32 Å². The Morgan fingerprint density at radius 1 is 1.10 bits per heavy atom. The molecule has 1 saturated carbocycles. The molecule has 0 amide bonds. The topological polar surface area (TPSA) is 21.3 Å². The normalized spacial score (nSPS) is 16.5. The molecule has 0 aromatic heterocycles. The van der Waals surface area contributed by atoms with Crippen LogP contribution in [-0.2, 0) is 11.3 Å². The van der Waals surface area contributed by atoms with Gasteiger partial charge in [-0.15, -0.1) is 0 Å². The molecule has 0 unspecified atom stereocenters. The molecule has 0 spiro atoms. The predicted molar refractivity (Wildman–Crippen MR) is 80.5 cm³/mol. The van der Waals surface area contributed by atoms with Crippen LogP contribution in [0.3, 0.4) is 0 Å². The van der Waals surface area contributed by atoms with Gasteiger partial charge in [-0.1, -0.05) is 43.5 Å². The highest BCUT2D eigenvalue weighted by Gasteiger charge is 2.12. The molecule has 1 aliphatic carbocycles. The van der Waals surface area contributed by atoms with Crippen LogP contribution in [0.2, 0.25) is 0 Å². The summed E-state index contributed by atoms with van der Waals surface area (Å²) in [5.41, 5.74) is 1.12. The molecule has 1 fully saturated rings. The molecule has 0 bridgehead atoms. The molecule has 1 aromatic carbocycles. The van der Waals surface area contributed by atoms with Crippen molar-refractivity contribution in [2.75, 3.05) is 13.2 Å². The molecule has 1 N–H and O–H groups in total. The van der Waals surface area contributed by atoms with Gasteiger partial charge in [-0.3, -0.25) is 0 Å². The van der Waals surface area contributed by atoms with Crippen LogP contribution in [0.25, 0.3) is 0 Å². The third-order valence-corrected chi connectivity index (χ3v) is 3.96. The van der Waals surface area contributed by atoms with Crippen molar-refractivity contribution >= 4 is 0 Å². The second-order valence-electron chi connectivity index (χ2n) is 5.70. The van der Waals surface area contributed by atoms with Crippen LogP contribution in [0.15, 0.2) is 24.3 Å². The van der Waals surface area contributed by atoms with Gasteiger partial charge in [-0.25, -0.2) is 8.78 Å². The SMILES string of the molecule is FC(F)c1ccc(CNCCCOC2CCCCC2)cc1. The lowest BCUT2D eigenvalue weighted by Crippen LogP contribution is -2.20. The molecule has 4 heteroatoms. The number of hydrogen-bond donors (Lipinski definition) is 1. The molecular weight excluding hydrogens is 272 g/mol. The van der Waals surface area contributed by atoms with E-state index in [1.165, 1.54) is 44.2 Å². The zero-order chi connectivity index (χ0) is 14.9. The van der Waals surface area contributed by atoms with E-state index in [2.05, 4.69) is 5.32 Å². The summed E-state index contributed by atoms with van der Waals surface area (Å²) in [7, 11) is 0. The van der Waals surface area contributed by atoms with Gasteiger partial charge in [-0.2, -0.15) is 0 Å². The van der Waals surface area contributed by atoms with E-state index in [9.17, 15) is 8.78 Å². The van der Waals surface area contributed by atoms with Crippen molar-refractivity contribution in [2.24, 2.45) is 0 Å². The summed E-state index contributed by atoms with van der Waals surface area (Å²) in [5, 5.41) is 3.32. The standard InChI is InChI=1S/C17H25F2NO/c18-17(19)15-9-7-14(8-10-15)13-20-11-4-12-21-16-5-2-1-3-6-16/h7-10,16-17,20H,1-6,11-13H2. The van der Waals surface area contributed by atoms with Crippen molar-refractivity contribution in [1.29, 1.82) is 0 Å². The van der Waals surface area contributed by atoms with Crippen molar-refractivity contribution in [3.05, 3.63) is 35.4 Å². The molecule has 0 radical (unpaired) electrons. The van der Waals surface area contributed by atoms with E-state index < -0.39 is 6.43 Å². The Morgan fingerprint density at radius 3 is 2.48 bits per heavy atom. The summed E-state index contributed by atoms with van der Waals surface area (Å²) in [4.78, 5) is 0. The fourth-order valence-corrected chi connectivity index (χ4v) is 2.69. The zero-order valence-electron chi connectivity index (χ0n) is 12.5. The Kier molecular flexibility index (Phi) is 7.10. The average molecular weight is 297 g/mol. The number of benzene rings is 1. The van der Waals surface area contributed by atoms with Crippen LogP contribution in [-0.4, -0.2) is 19.3 Å². The molecule has 21 heavy (non-hydrogen) atoms. The van der Waals surface area contributed by atoms with Crippen molar-refractivity contribution < 1.29 is 13.5 Å². The van der Waals surface area contributed by atoms with Gasteiger partial charge in [0.25, 0.3) is 6.43 Å². The van der Waals surface area contributed by atoms with Gasteiger partial charge >= 0.3 is 0 Å². The highest BCUT2D eigenvalue weighted by atomic mass is 19.3. The highest BCUT2D eigenvalue weighted by molar-refractivity contribution is 5.23. The van der Waals surface area contributed by atoms with E-state index in [0.717, 1.165) is 25.1 Å². The Morgan fingerprint density at radius 2 is 1.81 bits per heavy atom. The van der Waals surface area contributed by atoms with Gasteiger partial charge in [0, 0.05) is 18.7 Å². The molecule has 0 atom stereocenters. The second-order valence-corrected chi connectivity index (χ2v) is 5.70. The van der Waals surface area contributed by atoms with Crippen LogP contribution in [0.5, 0.6) is 0 Å². The van der Waals surface area contributed by atoms with Crippen LogP contribution >= 0.6 is 0 Å². The van der Waals surface area contributed by atoms with Gasteiger partial charge in [0.15, 0.2) is 0 Å². The Hall–Kier alpha value is -1.00. The molecule has 0 aliphatic heterocycles. The molecule has 118 valence electrons. The first kappa shape index (κ1) is 16.4. The monoisotopic (exact) mass is 297 g/mol. The van der Waals surface area contributed by atoms with Gasteiger partial charge in [0.2, 0.25) is 0 Å². The summed E-state index contributed by atoms with van der Waals surface area (Å²) >= 11 is 0. The first-order chi connectivity index (χ1) is 10.3. The zero-order valence-corrected chi connectivity index (χ0v) is 12.5. The summed E-state index contributed by atoms with van der Waals surface area (Å²) in [6.45, 7) is 2.41.